The second-order valence-electron chi connectivity index (χ2n) is 5.32. The Labute approximate surface area is 124 Å². The third kappa shape index (κ3) is 5.39. The Balaban J connectivity index is 3.17. The Bertz CT molecular complexity index is 660. The van der Waals surface area contributed by atoms with Gasteiger partial charge in [0.15, 0.2) is 5.78 Å². The summed E-state index contributed by atoms with van der Waals surface area (Å²) in [5.41, 5.74) is 0.716. The zero-order valence-electron chi connectivity index (χ0n) is 12.3. The first-order valence-electron chi connectivity index (χ1n) is 6.16. The van der Waals surface area contributed by atoms with Gasteiger partial charge in [0.2, 0.25) is 10.3 Å². The lowest BCUT2D eigenvalue weighted by molar-refractivity contribution is 0.0606. The number of carbonyl (C=O) groups is 2. The number of rotatable bonds is 3. The average Bonchev–Trinajstić information content (AvgIpc) is 2.33. The van der Waals surface area contributed by atoms with E-state index in [9.17, 15) is 18.0 Å². The summed E-state index contributed by atoms with van der Waals surface area (Å²) in [7, 11) is -2.58. The lowest BCUT2D eigenvalue weighted by Gasteiger charge is -2.24. The van der Waals surface area contributed by atoms with E-state index < -0.39 is 22.0 Å². The van der Waals surface area contributed by atoms with Crippen molar-refractivity contribution in [1.82, 2.24) is 0 Å². The molecule has 6 nitrogen and oxygen atoms in total. The highest BCUT2D eigenvalue weighted by molar-refractivity contribution is 7.71. The molecule has 0 radical (unpaired) electrons. The van der Waals surface area contributed by atoms with Gasteiger partial charge in [0.1, 0.15) is 11.1 Å². The van der Waals surface area contributed by atoms with Gasteiger partial charge in [0.25, 0.3) is 0 Å². The van der Waals surface area contributed by atoms with E-state index in [0.29, 0.717) is 11.3 Å². The first kappa shape index (κ1) is 16.9. The molecule has 1 amide bonds. The topological polar surface area (TPSA) is 80.8 Å². The summed E-state index contributed by atoms with van der Waals surface area (Å²) in [6.07, 6.45) is -0.817. The summed E-state index contributed by atoms with van der Waals surface area (Å²) < 4.78 is 26.9. The molecular weight excluding hydrogens is 294 g/mol. The molecule has 0 aliphatic heterocycles. The van der Waals surface area contributed by atoms with E-state index in [1.54, 1.807) is 20.8 Å². The van der Waals surface area contributed by atoms with Gasteiger partial charge in [-0.1, -0.05) is 0 Å². The van der Waals surface area contributed by atoms with Gasteiger partial charge in [-0.05, 0) is 52.0 Å². The van der Waals surface area contributed by atoms with Crippen LogP contribution in [0.15, 0.2) is 24.3 Å². The normalized spacial score (nSPS) is 10.7. The molecular formula is C14H17NO5S. The van der Waals surface area contributed by atoms with Crippen molar-refractivity contribution >= 4 is 33.3 Å². The fraction of sp³-hybridized carbons (Fsp3) is 0.357. The van der Waals surface area contributed by atoms with Gasteiger partial charge in [0, 0.05) is 5.56 Å². The number of Topliss-reactive ketones (excluding diaryl/α,β-unsaturated/α-hetero) is 1. The van der Waals surface area contributed by atoms with E-state index in [4.69, 9.17) is 4.74 Å². The molecule has 0 aliphatic carbocycles. The molecule has 1 aromatic carbocycles. The zero-order chi connectivity index (χ0) is 16.2. The third-order valence-electron chi connectivity index (χ3n) is 2.33. The maximum Gasteiger partial charge on any atom is 0.419 e. The van der Waals surface area contributed by atoms with Crippen LogP contribution in [0, 0.1) is 0 Å². The number of ketones is 1. The lowest BCUT2D eigenvalue weighted by atomic mass is 10.1. The standard InChI is InChI=1S/C14H17NO5S/c1-10(16)11-5-7-12(8-6-11)15(9-21(18)19)13(17)20-14(2,3)4/h5-9H,1-4H3. The van der Waals surface area contributed by atoms with Crippen molar-refractivity contribution in [1.29, 1.82) is 0 Å². The summed E-state index contributed by atoms with van der Waals surface area (Å²) in [6.45, 7) is 6.45. The number of carbonyl (C=O) groups excluding carboxylic acids is 2. The minimum Gasteiger partial charge on any atom is -0.443 e. The number of amides is 1. The van der Waals surface area contributed by atoms with Crippen molar-refractivity contribution in [2.75, 3.05) is 4.90 Å². The Kier molecular flexibility index (Phi) is 5.26. The predicted octanol–water partition coefficient (Wildman–Crippen LogP) is 2.27. The highest BCUT2D eigenvalue weighted by atomic mass is 32.2. The summed E-state index contributed by atoms with van der Waals surface area (Å²) in [5.74, 6) is -0.123. The molecule has 0 spiro atoms. The third-order valence-corrected chi connectivity index (χ3v) is 2.72. The van der Waals surface area contributed by atoms with Crippen LogP contribution in [-0.4, -0.2) is 31.4 Å². The van der Waals surface area contributed by atoms with Gasteiger partial charge < -0.3 is 4.74 Å². The Hall–Kier alpha value is -2.15. The Morgan fingerprint density at radius 3 is 2.05 bits per heavy atom. The fourth-order valence-corrected chi connectivity index (χ4v) is 1.84. The van der Waals surface area contributed by atoms with Gasteiger partial charge in [-0.15, -0.1) is 0 Å². The molecule has 0 fully saturated rings. The molecule has 0 saturated heterocycles. The average molecular weight is 311 g/mol. The molecule has 7 heteroatoms. The van der Waals surface area contributed by atoms with Crippen molar-refractivity contribution in [3.05, 3.63) is 29.8 Å². The van der Waals surface area contributed by atoms with Crippen LogP contribution in [0.5, 0.6) is 0 Å². The summed E-state index contributed by atoms with van der Waals surface area (Å²) in [6, 6.07) is 5.97. The maximum absolute atomic E-state index is 12.0. The molecule has 0 atom stereocenters. The van der Waals surface area contributed by atoms with Crippen molar-refractivity contribution < 1.29 is 22.7 Å². The van der Waals surface area contributed by atoms with E-state index >= 15 is 0 Å². The maximum atomic E-state index is 12.0. The predicted molar refractivity (Wildman–Crippen MR) is 80.1 cm³/mol. The van der Waals surface area contributed by atoms with E-state index in [2.05, 4.69) is 0 Å². The number of hydrogen-bond acceptors (Lipinski definition) is 5. The van der Waals surface area contributed by atoms with Gasteiger partial charge in [-0.25, -0.2) is 9.69 Å². The minimum atomic E-state index is -2.58. The van der Waals surface area contributed by atoms with Gasteiger partial charge >= 0.3 is 6.09 Å². The van der Waals surface area contributed by atoms with Gasteiger partial charge in [-0.2, -0.15) is 8.42 Å². The molecule has 1 aromatic rings. The van der Waals surface area contributed by atoms with Gasteiger partial charge in [0.05, 0.1) is 5.69 Å². The van der Waals surface area contributed by atoms with Crippen LogP contribution < -0.4 is 4.90 Å². The molecule has 0 heterocycles. The van der Waals surface area contributed by atoms with Crippen LogP contribution in [-0.2, 0) is 15.0 Å². The molecule has 0 unspecified atom stereocenters. The first-order chi connectivity index (χ1) is 9.60. The van der Waals surface area contributed by atoms with E-state index in [1.165, 1.54) is 31.2 Å². The monoisotopic (exact) mass is 311 g/mol. The highest BCUT2D eigenvalue weighted by Gasteiger charge is 2.22. The Morgan fingerprint density at radius 1 is 1.14 bits per heavy atom. The van der Waals surface area contributed by atoms with E-state index in [0.717, 1.165) is 10.4 Å². The number of ether oxygens (including phenoxy) is 1. The molecule has 0 N–H and O–H groups in total. The molecule has 0 aromatic heterocycles. The largest absolute Gasteiger partial charge is 0.443 e. The van der Waals surface area contributed by atoms with Crippen molar-refractivity contribution in [3.8, 4) is 0 Å². The molecule has 0 bridgehead atoms. The van der Waals surface area contributed by atoms with Crippen LogP contribution in [0.3, 0.4) is 0 Å². The van der Waals surface area contributed by atoms with Gasteiger partial charge in [-0.3, -0.25) is 4.79 Å². The smallest absolute Gasteiger partial charge is 0.419 e. The van der Waals surface area contributed by atoms with Crippen LogP contribution in [0.4, 0.5) is 10.5 Å². The second-order valence-corrected chi connectivity index (χ2v) is 6.05. The second kappa shape index (κ2) is 6.53. The Morgan fingerprint density at radius 2 is 1.67 bits per heavy atom. The van der Waals surface area contributed by atoms with Crippen molar-refractivity contribution in [2.24, 2.45) is 0 Å². The first-order valence-corrected chi connectivity index (χ1v) is 7.30. The lowest BCUT2D eigenvalue weighted by Crippen LogP contribution is -2.36. The zero-order valence-corrected chi connectivity index (χ0v) is 13.1. The number of nitrogens with zero attached hydrogens (tertiary/aromatic N) is 1. The minimum absolute atomic E-state index is 0.123. The fourth-order valence-electron chi connectivity index (χ4n) is 1.46. The SMILES string of the molecule is CC(=O)c1ccc(N(C=S(=O)=O)C(=O)OC(C)(C)C)cc1. The number of hydrogen-bond donors (Lipinski definition) is 0. The summed E-state index contributed by atoms with van der Waals surface area (Å²) >= 11 is 0. The summed E-state index contributed by atoms with van der Waals surface area (Å²) in [5, 5.41) is 0. The van der Waals surface area contributed by atoms with E-state index in [-0.39, 0.29) is 5.78 Å². The highest BCUT2D eigenvalue weighted by Crippen LogP contribution is 2.18. The molecule has 21 heavy (non-hydrogen) atoms. The number of anilines is 1. The van der Waals surface area contributed by atoms with Crippen molar-refractivity contribution in [2.45, 2.75) is 33.3 Å². The van der Waals surface area contributed by atoms with E-state index in [1.807, 2.05) is 0 Å². The summed E-state index contributed by atoms with van der Waals surface area (Å²) in [4.78, 5) is 24.1. The molecule has 0 aliphatic rings. The van der Waals surface area contributed by atoms with Crippen LogP contribution in [0.1, 0.15) is 38.1 Å². The molecule has 1 rings (SSSR count). The quantitative estimate of drug-likeness (QED) is 0.632. The molecule has 0 saturated carbocycles. The van der Waals surface area contributed by atoms with Crippen LogP contribution >= 0.6 is 0 Å². The van der Waals surface area contributed by atoms with Crippen LogP contribution in [0.2, 0.25) is 0 Å². The molecule has 114 valence electrons. The number of benzene rings is 1. The van der Waals surface area contributed by atoms with Crippen LogP contribution in [0.25, 0.3) is 0 Å². The van der Waals surface area contributed by atoms with Crippen molar-refractivity contribution in [3.63, 3.8) is 0 Å².